The van der Waals surface area contributed by atoms with Crippen molar-refractivity contribution in [1.29, 1.82) is 0 Å². The maximum absolute atomic E-state index is 5.11. The number of hydrogen-bond acceptors (Lipinski definition) is 2. The fourth-order valence-corrected chi connectivity index (χ4v) is 8.83. The van der Waals surface area contributed by atoms with Crippen molar-refractivity contribution in [1.82, 2.24) is 28.2 Å². The molecule has 0 bridgehead atoms. The van der Waals surface area contributed by atoms with Gasteiger partial charge in [-0.1, -0.05) is 84.9 Å². The van der Waals surface area contributed by atoms with Crippen molar-refractivity contribution < 1.29 is 0 Å². The smallest absolute Gasteiger partial charge is 0.137 e. The van der Waals surface area contributed by atoms with E-state index in [9.17, 15) is 0 Å². The number of pyridine rings is 2. The molecule has 6 aromatic heterocycles. The van der Waals surface area contributed by atoms with E-state index in [1.165, 1.54) is 32.3 Å². The van der Waals surface area contributed by atoms with Crippen molar-refractivity contribution in [3.8, 4) is 34.1 Å². The third kappa shape index (κ3) is 4.44. The molecule has 6 nitrogen and oxygen atoms in total. The normalized spacial score (nSPS) is 11.9. The van der Waals surface area contributed by atoms with Gasteiger partial charge in [0.15, 0.2) is 0 Å². The zero-order valence-electron chi connectivity index (χ0n) is 30.2. The summed E-state index contributed by atoms with van der Waals surface area (Å²) in [7, 11) is 0. The molecule has 12 aromatic rings. The van der Waals surface area contributed by atoms with Crippen molar-refractivity contribution in [2.45, 2.75) is 0 Å². The first-order valence-electron chi connectivity index (χ1n) is 18.9. The molecule has 0 aliphatic heterocycles. The van der Waals surface area contributed by atoms with Crippen LogP contribution in [0.5, 0.6) is 0 Å². The summed E-state index contributed by atoms with van der Waals surface area (Å²) in [5, 5.41) is 7.22. The van der Waals surface area contributed by atoms with Crippen LogP contribution in [0.15, 0.2) is 195 Å². The summed E-state index contributed by atoms with van der Waals surface area (Å²) in [4.78, 5) is 10.2. The first kappa shape index (κ1) is 30.7. The minimum atomic E-state index is 0.876. The molecule has 6 aromatic carbocycles. The molecule has 0 radical (unpaired) electrons. The molecule has 0 N–H and O–H groups in total. The van der Waals surface area contributed by atoms with E-state index in [2.05, 4.69) is 201 Å². The van der Waals surface area contributed by atoms with Gasteiger partial charge in [0.05, 0.1) is 33.1 Å². The predicted molar refractivity (Wildman–Crippen MR) is 230 cm³/mol. The summed E-state index contributed by atoms with van der Waals surface area (Å²) >= 11 is 0. The second-order valence-electron chi connectivity index (χ2n) is 14.3. The molecular formula is C50H32N6. The summed E-state index contributed by atoms with van der Waals surface area (Å²) in [6, 6.07) is 60.2. The van der Waals surface area contributed by atoms with E-state index in [-0.39, 0.29) is 0 Å². The molecule has 0 amide bonds. The van der Waals surface area contributed by atoms with Crippen molar-refractivity contribution in [2.24, 2.45) is 0 Å². The predicted octanol–water partition coefficient (Wildman–Crippen LogP) is 12.2. The lowest BCUT2D eigenvalue weighted by Gasteiger charge is -2.11. The molecule has 0 atom stereocenters. The molecule has 6 heterocycles. The van der Waals surface area contributed by atoms with Gasteiger partial charge in [-0.25, -0.2) is 9.97 Å². The molecule has 6 heteroatoms. The van der Waals surface area contributed by atoms with E-state index < -0.39 is 0 Å². The molecule has 262 valence electrons. The summed E-state index contributed by atoms with van der Waals surface area (Å²) in [6.07, 6.45) is 8.27. The van der Waals surface area contributed by atoms with Gasteiger partial charge in [0, 0.05) is 79.6 Å². The number of benzene rings is 6. The van der Waals surface area contributed by atoms with Gasteiger partial charge in [-0.2, -0.15) is 0 Å². The van der Waals surface area contributed by atoms with Gasteiger partial charge < -0.3 is 9.13 Å². The third-order valence-electron chi connectivity index (χ3n) is 11.4. The van der Waals surface area contributed by atoms with Gasteiger partial charge in [0.2, 0.25) is 0 Å². The summed E-state index contributed by atoms with van der Waals surface area (Å²) in [6.45, 7) is 0. The van der Waals surface area contributed by atoms with Crippen LogP contribution < -0.4 is 0 Å². The van der Waals surface area contributed by atoms with Crippen LogP contribution in [0.1, 0.15) is 0 Å². The fourth-order valence-electron chi connectivity index (χ4n) is 8.83. The monoisotopic (exact) mass is 716 g/mol. The number of nitrogens with zero attached hydrogens (tertiary/aromatic N) is 6. The highest BCUT2D eigenvalue weighted by molar-refractivity contribution is 6.19. The topological polar surface area (TPSA) is 45.5 Å². The Balaban J connectivity index is 0.960. The van der Waals surface area contributed by atoms with Crippen LogP contribution in [0.3, 0.4) is 0 Å². The zero-order chi connectivity index (χ0) is 36.7. The first-order valence-corrected chi connectivity index (χ1v) is 18.9. The Bertz CT molecular complexity index is 3210. The molecular weight excluding hydrogens is 685 g/mol. The summed E-state index contributed by atoms with van der Waals surface area (Å²) < 4.78 is 9.13. The molecule has 0 unspecified atom stereocenters. The molecule has 0 saturated carbocycles. The van der Waals surface area contributed by atoms with Crippen LogP contribution in [-0.2, 0) is 0 Å². The highest BCUT2D eigenvalue weighted by Crippen LogP contribution is 2.39. The number of hydrogen-bond donors (Lipinski definition) is 0. The Morgan fingerprint density at radius 3 is 1.16 bits per heavy atom. The van der Waals surface area contributed by atoms with Gasteiger partial charge in [0.25, 0.3) is 0 Å². The Kier molecular flexibility index (Phi) is 6.53. The largest absolute Gasteiger partial charge is 0.316 e. The van der Waals surface area contributed by atoms with E-state index in [0.717, 1.165) is 67.2 Å². The van der Waals surface area contributed by atoms with Crippen LogP contribution in [0.4, 0.5) is 0 Å². The lowest BCUT2D eigenvalue weighted by molar-refractivity contribution is 1.08. The standard InChI is InChI=1S/C50H32N6/c1-3-11-35(12-4-1)53-29-27-41-43(53)23-21-39-37-15-7-9-17-45(37)55(49(39)41)47-25-19-33(31-51-47)34-20-26-48(52-32-34)56-46-18-10-8-16-38(46)40-22-24-44-42(50(40)56)28-30-54(44)36-13-5-2-6-14-36/h1-32H. The SMILES string of the molecule is c1ccc(-n2ccc3c2ccc2c4ccccc4n(-c4ccc(-c5ccc(-n6c7ccccc7c7ccc8c(ccn8-c8ccccc8)c76)nc5)cn4)c23)cc1. The molecule has 0 fully saturated rings. The summed E-state index contributed by atoms with van der Waals surface area (Å²) in [5.74, 6) is 1.75. The van der Waals surface area contributed by atoms with E-state index in [1.54, 1.807) is 0 Å². The van der Waals surface area contributed by atoms with Gasteiger partial charge in [-0.15, -0.1) is 0 Å². The van der Waals surface area contributed by atoms with Crippen LogP contribution in [0, 0.1) is 0 Å². The van der Waals surface area contributed by atoms with Crippen LogP contribution in [0.2, 0.25) is 0 Å². The van der Waals surface area contributed by atoms with Gasteiger partial charge in [0.1, 0.15) is 11.6 Å². The van der Waals surface area contributed by atoms with Crippen LogP contribution >= 0.6 is 0 Å². The third-order valence-corrected chi connectivity index (χ3v) is 11.4. The number of fused-ring (bicyclic) bond motifs is 10. The second-order valence-corrected chi connectivity index (χ2v) is 14.3. The minimum Gasteiger partial charge on any atom is -0.316 e. The Labute approximate surface area is 321 Å². The highest BCUT2D eigenvalue weighted by Gasteiger charge is 2.19. The maximum atomic E-state index is 5.11. The molecule has 0 aliphatic rings. The average Bonchev–Trinajstić information content (AvgIpc) is 4.05. The highest BCUT2D eigenvalue weighted by atomic mass is 15.1. The van der Waals surface area contributed by atoms with Crippen molar-refractivity contribution in [3.63, 3.8) is 0 Å². The van der Waals surface area contributed by atoms with Gasteiger partial charge in [-0.3, -0.25) is 9.13 Å². The van der Waals surface area contributed by atoms with Crippen molar-refractivity contribution >= 4 is 65.4 Å². The quantitative estimate of drug-likeness (QED) is 0.178. The zero-order valence-corrected chi connectivity index (χ0v) is 30.2. The molecule has 0 aliphatic carbocycles. The lowest BCUT2D eigenvalue weighted by atomic mass is 10.1. The second kappa shape index (κ2) is 11.9. The van der Waals surface area contributed by atoms with Crippen molar-refractivity contribution in [3.05, 3.63) is 195 Å². The minimum absolute atomic E-state index is 0.876. The van der Waals surface area contributed by atoms with Crippen LogP contribution in [-0.4, -0.2) is 28.2 Å². The van der Waals surface area contributed by atoms with Crippen LogP contribution in [0.25, 0.3) is 99.6 Å². The van der Waals surface area contributed by atoms with E-state index in [4.69, 9.17) is 9.97 Å². The number of para-hydroxylation sites is 4. The lowest BCUT2D eigenvalue weighted by Crippen LogP contribution is -1.99. The van der Waals surface area contributed by atoms with Gasteiger partial charge in [-0.05, 0) is 84.9 Å². The number of rotatable bonds is 5. The Morgan fingerprint density at radius 2 is 0.732 bits per heavy atom. The fraction of sp³-hybridized carbons (Fsp3) is 0. The molecule has 12 rings (SSSR count). The van der Waals surface area contributed by atoms with Gasteiger partial charge >= 0.3 is 0 Å². The molecule has 0 saturated heterocycles. The van der Waals surface area contributed by atoms with E-state index >= 15 is 0 Å². The Hall–Kier alpha value is -7.70. The molecule has 0 spiro atoms. The summed E-state index contributed by atoms with van der Waals surface area (Å²) in [5.41, 5.74) is 11.2. The first-order chi connectivity index (χ1) is 27.8. The van der Waals surface area contributed by atoms with E-state index in [0.29, 0.717) is 0 Å². The average molecular weight is 717 g/mol. The van der Waals surface area contributed by atoms with E-state index in [1.807, 2.05) is 12.4 Å². The Morgan fingerprint density at radius 1 is 0.304 bits per heavy atom. The molecule has 56 heavy (non-hydrogen) atoms. The van der Waals surface area contributed by atoms with Crippen molar-refractivity contribution in [2.75, 3.05) is 0 Å². The number of aromatic nitrogens is 6. The maximum Gasteiger partial charge on any atom is 0.137 e.